The number of carboxylic acid groups (broad SMARTS) is 2. The minimum Gasteiger partial charge on any atom is -0.480 e. The largest absolute Gasteiger partial charge is 0.480 e. The van der Waals surface area contributed by atoms with Gasteiger partial charge in [0.2, 0.25) is 0 Å². The highest BCUT2D eigenvalue weighted by Gasteiger charge is 2.40. The van der Waals surface area contributed by atoms with Crippen LogP contribution in [0.2, 0.25) is 0 Å². The minimum absolute atomic E-state index is 0.478. The normalized spacial score (nSPS) is 34.1. The molecular weight excluding hydrogens is 174 g/mol. The van der Waals surface area contributed by atoms with Crippen LogP contribution >= 0.6 is 0 Å². The fourth-order valence-corrected chi connectivity index (χ4v) is 1.54. The molecular formula is C8H13NO4. The summed E-state index contributed by atoms with van der Waals surface area (Å²) in [5, 5.41) is 20.2. The standard InChI is InChI=1S/C8H13NO4/c1-8(7(12)13)4-2-3-5(9-8)6(10)11/h5,9H,2-4H2,1H3,(H,10,11)(H,12,13). The first-order chi connectivity index (χ1) is 5.96. The lowest BCUT2D eigenvalue weighted by molar-refractivity contribution is -0.148. The van der Waals surface area contributed by atoms with E-state index in [9.17, 15) is 9.59 Å². The number of hydrogen-bond donors (Lipinski definition) is 3. The molecule has 1 rings (SSSR count). The summed E-state index contributed by atoms with van der Waals surface area (Å²) in [6.45, 7) is 1.52. The molecule has 74 valence electrons. The first-order valence-electron chi connectivity index (χ1n) is 4.19. The maximum atomic E-state index is 10.8. The van der Waals surface area contributed by atoms with Gasteiger partial charge in [-0.25, -0.2) is 0 Å². The van der Waals surface area contributed by atoms with Crippen LogP contribution in [-0.2, 0) is 9.59 Å². The molecule has 0 aromatic rings. The van der Waals surface area contributed by atoms with Crippen LogP contribution in [0.25, 0.3) is 0 Å². The van der Waals surface area contributed by atoms with Gasteiger partial charge in [-0.05, 0) is 26.2 Å². The molecule has 0 radical (unpaired) electrons. The SMILES string of the molecule is CC1(C(=O)O)CCCC(C(=O)O)N1. The number of rotatable bonds is 2. The van der Waals surface area contributed by atoms with Crippen molar-refractivity contribution in [3.8, 4) is 0 Å². The molecule has 5 heteroatoms. The summed E-state index contributed by atoms with van der Waals surface area (Å²) < 4.78 is 0. The van der Waals surface area contributed by atoms with Gasteiger partial charge in [-0.2, -0.15) is 0 Å². The number of carboxylic acids is 2. The van der Waals surface area contributed by atoms with Crippen LogP contribution in [0.5, 0.6) is 0 Å². The third-order valence-electron chi connectivity index (χ3n) is 2.43. The summed E-state index contributed by atoms with van der Waals surface area (Å²) in [7, 11) is 0. The van der Waals surface area contributed by atoms with Gasteiger partial charge in [-0.15, -0.1) is 0 Å². The minimum atomic E-state index is -1.08. The summed E-state index contributed by atoms with van der Waals surface area (Å²) in [6.07, 6.45) is 1.61. The van der Waals surface area contributed by atoms with Crippen molar-refractivity contribution in [2.24, 2.45) is 0 Å². The topological polar surface area (TPSA) is 86.6 Å². The van der Waals surface area contributed by atoms with Crippen molar-refractivity contribution in [3.05, 3.63) is 0 Å². The highest BCUT2D eigenvalue weighted by molar-refractivity contribution is 5.81. The van der Waals surface area contributed by atoms with Crippen molar-refractivity contribution in [3.63, 3.8) is 0 Å². The fourth-order valence-electron chi connectivity index (χ4n) is 1.54. The molecule has 3 N–H and O–H groups in total. The Labute approximate surface area is 75.7 Å². The van der Waals surface area contributed by atoms with Gasteiger partial charge in [0.15, 0.2) is 0 Å². The van der Waals surface area contributed by atoms with Crippen molar-refractivity contribution in [1.82, 2.24) is 5.32 Å². The summed E-state index contributed by atoms with van der Waals surface area (Å²) in [5.41, 5.74) is -1.08. The van der Waals surface area contributed by atoms with Crippen molar-refractivity contribution in [1.29, 1.82) is 0 Å². The molecule has 0 aromatic carbocycles. The van der Waals surface area contributed by atoms with E-state index in [1.54, 1.807) is 0 Å². The second-order valence-corrected chi connectivity index (χ2v) is 3.56. The number of aliphatic carboxylic acids is 2. The van der Waals surface area contributed by atoms with Crippen LogP contribution in [0.1, 0.15) is 26.2 Å². The van der Waals surface area contributed by atoms with E-state index in [2.05, 4.69) is 5.32 Å². The highest BCUT2D eigenvalue weighted by Crippen LogP contribution is 2.22. The van der Waals surface area contributed by atoms with E-state index in [1.165, 1.54) is 6.92 Å². The molecule has 0 aromatic heterocycles. The average Bonchev–Trinajstić information content (AvgIpc) is 2.04. The molecule has 2 unspecified atom stereocenters. The van der Waals surface area contributed by atoms with Gasteiger partial charge >= 0.3 is 11.9 Å². The van der Waals surface area contributed by atoms with Crippen molar-refractivity contribution >= 4 is 11.9 Å². The molecule has 0 aliphatic carbocycles. The lowest BCUT2D eigenvalue weighted by atomic mass is 9.87. The summed E-state index contributed by atoms with van der Waals surface area (Å²) in [6, 6.07) is -0.727. The van der Waals surface area contributed by atoms with Crippen LogP contribution in [-0.4, -0.2) is 33.7 Å². The monoisotopic (exact) mass is 187 g/mol. The van der Waals surface area contributed by atoms with Crippen molar-refractivity contribution < 1.29 is 19.8 Å². The molecule has 1 aliphatic heterocycles. The molecule has 1 fully saturated rings. The van der Waals surface area contributed by atoms with Crippen molar-refractivity contribution in [2.75, 3.05) is 0 Å². The highest BCUT2D eigenvalue weighted by atomic mass is 16.4. The molecule has 0 saturated carbocycles. The van der Waals surface area contributed by atoms with Crippen LogP contribution in [0.4, 0.5) is 0 Å². The first-order valence-corrected chi connectivity index (χ1v) is 4.19. The Balaban J connectivity index is 2.71. The van der Waals surface area contributed by atoms with E-state index in [-0.39, 0.29) is 0 Å². The first kappa shape index (κ1) is 9.98. The van der Waals surface area contributed by atoms with E-state index in [0.29, 0.717) is 19.3 Å². The van der Waals surface area contributed by atoms with E-state index in [0.717, 1.165) is 0 Å². The Kier molecular flexibility index (Phi) is 2.56. The molecule has 0 spiro atoms. The van der Waals surface area contributed by atoms with E-state index in [1.807, 2.05) is 0 Å². The van der Waals surface area contributed by atoms with Gasteiger partial charge < -0.3 is 10.2 Å². The lowest BCUT2D eigenvalue weighted by Gasteiger charge is -2.34. The number of hydrogen-bond acceptors (Lipinski definition) is 3. The quantitative estimate of drug-likeness (QED) is 0.569. The summed E-state index contributed by atoms with van der Waals surface area (Å²) in [5.74, 6) is -1.97. The number of nitrogens with one attached hydrogen (secondary N) is 1. The maximum Gasteiger partial charge on any atom is 0.323 e. The van der Waals surface area contributed by atoms with Crippen LogP contribution < -0.4 is 5.32 Å². The van der Waals surface area contributed by atoms with Gasteiger partial charge in [0.1, 0.15) is 11.6 Å². The second-order valence-electron chi connectivity index (χ2n) is 3.56. The van der Waals surface area contributed by atoms with Gasteiger partial charge in [-0.1, -0.05) is 0 Å². The van der Waals surface area contributed by atoms with Crippen LogP contribution in [0.3, 0.4) is 0 Å². The summed E-state index contributed by atoms with van der Waals surface area (Å²) >= 11 is 0. The lowest BCUT2D eigenvalue weighted by Crippen LogP contribution is -2.58. The Hall–Kier alpha value is -1.10. The maximum absolute atomic E-state index is 10.8. The molecule has 13 heavy (non-hydrogen) atoms. The number of piperidine rings is 1. The molecule has 0 amide bonds. The third-order valence-corrected chi connectivity index (χ3v) is 2.43. The van der Waals surface area contributed by atoms with E-state index < -0.39 is 23.5 Å². The van der Waals surface area contributed by atoms with Gasteiger partial charge in [0, 0.05) is 0 Å². The van der Waals surface area contributed by atoms with E-state index in [4.69, 9.17) is 10.2 Å². The molecule has 5 nitrogen and oxygen atoms in total. The van der Waals surface area contributed by atoms with E-state index >= 15 is 0 Å². The predicted molar refractivity (Wildman–Crippen MR) is 44.5 cm³/mol. The average molecular weight is 187 g/mol. The van der Waals surface area contributed by atoms with Crippen LogP contribution in [0.15, 0.2) is 0 Å². The molecule has 1 aliphatic rings. The predicted octanol–water partition coefficient (Wildman–Crippen LogP) is 0.0564. The molecule has 1 saturated heterocycles. The molecule has 1 heterocycles. The smallest absolute Gasteiger partial charge is 0.323 e. The van der Waals surface area contributed by atoms with Gasteiger partial charge in [0.25, 0.3) is 0 Å². The van der Waals surface area contributed by atoms with Crippen LogP contribution in [0, 0.1) is 0 Å². The molecule has 0 bridgehead atoms. The van der Waals surface area contributed by atoms with Gasteiger partial charge in [-0.3, -0.25) is 14.9 Å². The third kappa shape index (κ3) is 1.98. The molecule has 2 atom stereocenters. The Bertz CT molecular complexity index is 240. The zero-order chi connectivity index (χ0) is 10.1. The Morgan fingerprint density at radius 1 is 1.46 bits per heavy atom. The second kappa shape index (κ2) is 3.33. The fraction of sp³-hybridized carbons (Fsp3) is 0.750. The zero-order valence-corrected chi connectivity index (χ0v) is 7.41. The number of carbonyl (C=O) groups is 2. The van der Waals surface area contributed by atoms with Gasteiger partial charge in [0.05, 0.1) is 0 Å². The zero-order valence-electron chi connectivity index (χ0n) is 7.41. The summed E-state index contributed by atoms with van der Waals surface area (Å²) in [4.78, 5) is 21.4. The Morgan fingerprint density at radius 2 is 2.08 bits per heavy atom. The Morgan fingerprint density at radius 3 is 2.54 bits per heavy atom. The van der Waals surface area contributed by atoms with Crippen molar-refractivity contribution in [2.45, 2.75) is 37.8 Å².